The molecule has 0 radical (unpaired) electrons. The zero-order valence-corrected chi connectivity index (χ0v) is 14.5. The van der Waals surface area contributed by atoms with E-state index in [9.17, 15) is 4.79 Å². The zero-order chi connectivity index (χ0) is 17.2. The molecule has 1 unspecified atom stereocenters. The fourth-order valence-electron chi connectivity index (χ4n) is 3.02. The molecule has 6 heteroatoms. The fraction of sp³-hybridized carbons (Fsp3) is 0.556. The fourth-order valence-corrected chi connectivity index (χ4v) is 3.02. The van der Waals surface area contributed by atoms with Crippen LogP contribution in [0.1, 0.15) is 25.3 Å². The van der Waals surface area contributed by atoms with Crippen LogP contribution >= 0.6 is 0 Å². The van der Waals surface area contributed by atoms with Crippen LogP contribution in [0.25, 0.3) is 0 Å². The van der Waals surface area contributed by atoms with Gasteiger partial charge in [0.15, 0.2) is 5.96 Å². The van der Waals surface area contributed by atoms with Gasteiger partial charge in [-0.1, -0.05) is 37.3 Å². The third-order valence-corrected chi connectivity index (χ3v) is 4.40. The van der Waals surface area contributed by atoms with Crippen molar-refractivity contribution in [2.45, 2.75) is 32.2 Å². The molecule has 0 bridgehead atoms. The maximum absolute atomic E-state index is 11.8. The molecule has 1 aromatic rings. The molecule has 6 nitrogen and oxygen atoms in total. The van der Waals surface area contributed by atoms with Gasteiger partial charge in [0, 0.05) is 19.1 Å². The third-order valence-electron chi connectivity index (χ3n) is 4.40. The molecule has 2 rings (SSSR count). The van der Waals surface area contributed by atoms with E-state index in [1.807, 2.05) is 18.2 Å². The number of hydrogen-bond donors (Lipinski definition) is 3. The lowest BCUT2D eigenvalue weighted by atomic mass is 10.1. The molecular formula is C18H29N5O. The van der Waals surface area contributed by atoms with Crippen molar-refractivity contribution in [1.29, 1.82) is 0 Å². The zero-order valence-electron chi connectivity index (χ0n) is 14.5. The van der Waals surface area contributed by atoms with Crippen LogP contribution < -0.4 is 16.4 Å². The second-order valence-electron chi connectivity index (χ2n) is 6.09. The lowest BCUT2D eigenvalue weighted by Crippen LogP contribution is -2.43. The molecule has 1 aliphatic heterocycles. The van der Waals surface area contributed by atoms with Gasteiger partial charge in [0.2, 0.25) is 5.91 Å². The highest BCUT2D eigenvalue weighted by Gasteiger charge is 2.22. The smallest absolute Gasteiger partial charge is 0.241 e. The summed E-state index contributed by atoms with van der Waals surface area (Å²) in [6.45, 7) is 5.86. The molecule has 1 fully saturated rings. The van der Waals surface area contributed by atoms with E-state index < -0.39 is 0 Å². The van der Waals surface area contributed by atoms with Crippen LogP contribution in [0, 0.1) is 0 Å². The van der Waals surface area contributed by atoms with E-state index in [0.29, 0.717) is 18.5 Å². The highest BCUT2D eigenvalue weighted by Crippen LogP contribution is 2.15. The van der Waals surface area contributed by atoms with Gasteiger partial charge in [-0.2, -0.15) is 0 Å². The van der Waals surface area contributed by atoms with Gasteiger partial charge < -0.3 is 16.4 Å². The molecule has 1 atom stereocenters. The second kappa shape index (κ2) is 9.93. The molecule has 1 saturated heterocycles. The highest BCUT2D eigenvalue weighted by molar-refractivity contribution is 5.83. The van der Waals surface area contributed by atoms with Crippen molar-refractivity contribution in [2.24, 2.45) is 10.7 Å². The summed E-state index contributed by atoms with van der Waals surface area (Å²) in [5.74, 6) is 0.239. The average Bonchev–Trinajstić information content (AvgIpc) is 3.06. The van der Waals surface area contributed by atoms with Gasteiger partial charge >= 0.3 is 0 Å². The van der Waals surface area contributed by atoms with Crippen molar-refractivity contribution < 1.29 is 4.79 Å². The number of likely N-dealkylation sites (N-methyl/N-ethyl adjacent to an activating group) is 1. The van der Waals surface area contributed by atoms with E-state index in [4.69, 9.17) is 5.73 Å². The maximum Gasteiger partial charge on any atom is 0.241 e. The summed E-state index contributed by atoms with van der Waals surface area (Å²) in [4.78, 5) is 18.3. The van der Waals surface area contributed by atoms with Crippen molar-refractivity contribution in [3.8, 4) is 0 Å². The lowest BCUT2D eigenvalue weighted by Gasteiger charge is -2.23. The van der Waals surface area contributed by atoms with Gasteiger partial charge in [-0.25, -0.2) is 4.99 Å². The van der Waals surface area contributed by atoms with Crippen LogP contribution in [0.5, 0.6) is 0 Å². The second-order valence-corrected chi connectivity index (χ2v) is 6.09. The molecule has 132 valence electrons. The Hall–Kier alpha value is -2.08. The van der Waals surface area contributed by atoms with Gasteiger partial charge in [0.25, 0.3) is 0 Å². The summed E-state index contributed by atoms with van der Waals surface area (Å²) < 4.78 is 0. The Morgan fingerprint density at radius 2 is 2.12 bits per heavy atom. The Morgan fingerprint density at radius 3 is 2.88 bits per heavy atom. The number of nitrogens with two attached hydrogens (primary N) is 1. The van der Waals surface area contributed by atoms with E-state index in [1.165, 1.54) is 18.4 Å². The van der Waals surface area contributed by atoms with Crippen LogP contribution in [-0.4, -0.2) is 55.5 Å². The number of nitrogens with one attached hydrogen (secondary N) is 2. The Balaban J connectivity index is 1.61. The third kappa shape index (κ3) is 6.20. The number of hydrogen-bond acceptors (Lipinski definition) is 3. The van der Waals surface area contributed by atoms with Crippen molar-refractivity contribution in [1.82, 2.24) is 15.5 Å². The number of amides is 1. The van der Waals surface area contributed by atoms with Crippen LogP contribution in [0.15, 0.2) is 35.3 Å². The minimum absolute atomic E-state index is 0.0653. The molecular weight excluding hydrogens is 302 g/mol. The molecule has 0 aromatic heterocycles. The van der Waals surface area contributed by atoms with Gasteiger partial charge in [0.05, 0.1) is 0 Å². The number of benzene rings is 1. The first-order chi connectivity index (χ1) is 11.7. The summed E-state index contributed by atoms with van der Waals surface area (Å²) in [5, 5.41) is 5.99. The van der Waals surface area contributed by atoms with Crippen molar-refractivity contribution in [3.63, 3.8) is 0 Å². The highest BCUT2D eigenvalue weighted by atomic mass is 16.1. The van der Waals surface area contributed by atoms with Gasteiger partial charge in [-0.05, 0) is 37.9 Å². The average molecular weight is 331 g/mol. The van der Waals surface area contributed by atoms with Gasteiger partial charge in [0.1, 0.15) is 6.54 Å². The van der Waals surface area contributed by atoms with E-state index in [1.54, 1.807) is 0 Å². The molecule has 1 aromatic carbocycles. The Morgan fingerprint density at radius 1 is 1.33 bits per heavy atom. The predicted molar refractivity (Wildman–Crippen MR) is 97.9 cm³/mol. The van der Waals surface area contributed by atoms with Crippen LogP contribution in [0.3, 0.4) is 0 Å². The Bertz CT molecular complexity index is 531. The van der Waals surface area contributed by atoms with Gasteiger partial charge in [-0.3, -0.25) is 9.69 Å². The molecule has 1 heterocycles. The number of rotatable bonds is 8. The van der Waals surface area contributed by atoms with Crippen LogP contribution in [0.4, 0.5) is 0 Å². The number of likely N-dealkylation sites (tertiary alicyclic amines) is 1. The lowest BCUT2D eigenvalue weighted by molar-refractivity contribution is -0.119. The first kappa shape index (κ1) is 18.3. The summed E-state index contributed by atoms with van der Waals surface area (Å²) in [5.41, 5.74) is 7.05. The van der Waals surface area contributed by atoms with Crippen molar-refractivity contribution in [2.75, 3.05) is 32.7 Å². The molecule has 0 saturated carbocycles. The topological polar surface area (TPSA) is 82.8 Å². The minimum Gasteiger partial charge on any atom is -0.370 e. The van der Waals surface area contributed by atoms with Crippen LogP contribution in [0.2, 0.25) is 0 Å². The first-order valence-corrected chi connectivity index (χ1v) is 8.77. The Kier molecular flexibility index (Phi) is 7.55. The molecule has 1 aliphatic rings. The number of nitrogens with zero attached hydrogens (tertiary/aromatic N) is 2. The number of carbonyl (C=O) groups excluding carboxylic acids is 1. The number of carbonyl (C=O) groups is 1. The van der Waals surface area contributed by atoms with Crippen molar-refractivity contribution in [3.05, 3.63) is 35.9 Å². The maximum atomic E-state index is 11.8. The van der Waals surface area contributed by atoms with Gasteiger partial charge in [-0.15, -0.1) is 0 Å². The quantitative estimate of drug-likeness (QED) is 0.484. The standard InChI is InChI=1S/C18H29N5O/c1-2-23-12-6-9-16(23)13-21-18(19)22-14-17(24)20-11-10-15-7-4-3-5-8-15/h3-5,7-8,16H,2,6,9-14H2,1H3,(H,20,24)(H3,19,21,22). The summed E-state index contributed by atoms with van der Waals surface area (Å²) >= 11 is 0. The molecule has 0 aliphatic carbocycles. The normalized spacial score (nSPS) is 18.5. The van der Waals surface area contributed by atoms with E-state index in [0.717, 1.165) is 26.1 Å². The van der Waals surface area contributed by atoms with Crippen LogP contribution in [-0.2, 0) is 11.2 Å². The molecule has 0 spiro atoms. The summed E-state index contributed by atoms with van der Waals surface area (Å²) in [6.07, 6.45) is 3.24. The summed E-state index contributed by atoms with van der Waals surface area (Å²) in [6, 6.07) is 10.6. The molecule has 4 N–H and O–H groups in total. The number of aliphatic imine (C=N–C) groups is 1. The molecule has 24 heavy (non-hydrogen) atoms. The SMILES string of the molecule is CCN1CCCC1CNC(N)=NCC(=O)NCCc1ccccc1. The Labute approximate surface area is 144 Å². The van der Waals surface area contributed by atoms with E-state index in [-0.39, 0.29) is 12.5 Å². The summed E-state index contributed by atoms with van der Waals surface area (Å²) in [7, 11) is 0. The molecule has 1 amide bonds. The van der Waals surface area contributed by atoms with E-state index >= 15 is 0 Å². The van der Waals surface area contributed by atoms with E-state index in [2.05, 4.69) is 39.6 Å². The minimum atomic E-state index is -0.105. The monoisotopic (exact) mass is 331 g/mol. The first-order valence-electron chi connectivity index (χ1n) is 8.77. The number of guanidine groups is 1. The van der Waals surface area contributed by atoms with Crippen molar-refractivity contribution >= 4 is 11.9 Å². The predicted octanol–water partition coefficient (Wildman–Crippen LogP) is 0.734. The largest absolute Gasteiger partial charge is 0.370 e.